The summed E-state index contributed by atoms with van der Waals surface area (Å²) in [5.41, 5.74) is 6.75. The van der Waals surface area contributed by atoms with Crippen molar-refractivity contribution >= 4 is 0 Å². The molecule has 0 amide bonds. The van der Waals surface area contributed by atoms with Crippen molar-refractivity contribution in [2.24, 2.45) is 5.73 Å². The van der Waals surface area contributed by atoms with E-state index in [0.717, 1.165) is 32.5 Å². The van der Waals surface area contributed by atoms with E-state index >= 15 is 0 Å². The summed E-state index contributed by atoms with van der Waals surface area (Å²) in [6.45, 7) is 4.28. The Morgan fingerprint density at radius 1 is 1.12 bits per heavy atom. The Hall–Kier alpha value is -0.900. The molecule has 0 unspecified atom stereocenters. The van der Waals surface area contributed by atoms with Crippen molar-refractivity contribution in [2.45, 2.75) is 12.8 Å². The van der Waals surface area contributed by atoms with Crippen LogP contribution >= 0.6 is 0 Å². The molecule has 0 saturated carbocycles. The van der Waals surface area contributed by atoms with Crippen molar-refractivity contribution in [1.82, 2.24) is 4.90 Å². The van der Waals surface area contributed by atoms with Crippen LogP contribution in [0.15, 0.2) is 30.3 Å². The van der Waals surface area contributed by atoms with E-state index in [1.807, 2.05) is 0 Å². The van der Waals surface area contributed by atoms with Gasteiger partial charge in [-0.3, -0.25) is 0 Å². The largest absolute Gasteiger partial charge is 0.380 e. The number of likely N-dealkylation sites (N-methyl/N-ethyl adjacent to an activating group) is 1. The van der Waals surface area contributed by atoms with Crippen LogP contribution in [0, 0.1) is 0 Å². The maximum atomic E-state index is 5.35. The molecule has 0 aliphatic heterocycles. The first-order valence-electron chi connectivity index (χ1n) is 6.33. The van der Waals surface area contributed by atoms with Crippen LogP contribution in [-0.4, -0.2) is 44.8 Å². The Balaban J connectivity index is 2.03. The van der Waals surface area contributed by atoms with Crippen molar-refractivity contribution in [3.8, 4) is 0 Å². The quantitative estimate of drug-likeness (QED) is 0.661. The van der Waals surface area contributed by atoms with Gasteiger partial charge in [-0.05, 0) is 25.5 Å². The molecule has 0 heterocycles. The Kier molecular flexibility index (Phi) is 7.63. The van der Waals surface area contributed by atoms with Gasteiger partial charge in [-0.15, -0.1) is 0 Å². The molecular formula is C14H24N2O. The molecule has 3 heteroatoms. The average molecular weight is 236 g/mol. The fraction of sp³-hybridized carbons (Fsp3) is 0.571. The van der Waals surface area contributed by atoms with Gasteiger partial charge in [0.15, 0.2) is 0 Å². The zero-order valence-electron chi connectivity index (χ0n) is 10.8. The summed E-state index contributed by atoms with van der Waals surface area (Å²) in [4.78, 5) is 2.35. The van der Waals surface area contributed by atoms with E-state index in [4.69, 9.17) is 10.5 Å². The molecule has 0 saturated heterocycles. The van der Waals surface area contributed by atoms with Crippen molar-refractivity contribution in [3.05, 3.63) is 35.9 Å². The van der Waals surface area contributed by atoms with Crippen molar-refractivity contribution in [2.75, 3.05) is 39.9 Å². The van der Waals surface area contributed by atoms with Gasteiger partial charge in [0.05, 0.1) is 6.61 Å². The molecule has 0 atom stereocenters. The van der Waals surface area contributed by atoms with Crippen LogP contribution in [-0.2, 0) is 11.2 Å². The van der Waals surface area contributed by atoms with Crippen molar-refractivity contribution in [1.29, 1.82) is 0 Å². The number of hydrogen-bond donors (Lipinski definition) is 1. The molecule has 0 aliphatic carbocycles. The summed E-state index contributed by atoms with van der Waals surface area (Å²) < 4.78 is 5.34. The predicted molar refractivity (Wildman–Crippen MR) is 72.1 cm³/mol. The molecule has 1 aromatic rings. The highest BCUT2D eigenvalue weighted by Crippen LogP contribution is 2.00. The van der Waals surface area contributed by atoms with Crippen molar-refractivity contribution in [3.63, 3.8) is 0 Å². The molecular weight excluding hydrogens is 212 g/mol. The highest BCUT2D eigenvalue weighted by atomic mass is 16.5. The lowest BCUT2D eigenvalue weighted by Gasteiger charge is -2.16. The first-order chi connectivity index (χ1) is 8.33. The van der Waals surface area contributed by atoms with E-state index < -0.39 is 0 Å². The van der Waals surface area contributed by atoms with Crippen LogP contribution in [0.1, 0.15) is 12.0 Å². The molecule has 2 N–H and O–H groups in total. The molecule has 3 nitrogen and oxygen atoms in total. The van der Waals surface area contributed by atoms with Gasteiger partial charge in [0, 0.05) is 26.2 Å². The number of rotatable bonds is 9. The Bertz CT molecular complexity index is 277. The molecule has 0 radical (unpaired) electrons. The second-order valence-corrected chi connectivity index (χ2v) is 4.29. The maximum absolute atomic E-state index is 5.35. The number of nitrogens with zero attached hydrogens (tertiary/aromatic N) is 1. The smallest absolute Gasteiger partial charge is 0.0588 e. The first kappa shape index (κ1) is 14.2. The van der Waals surface area contributed by atoms with Crippen LogP contribution in [0.2, 0.25) is 0 Å². The summed E-state index contributed by atoms with van der Waals surface area (Å²) >= 11 is 0. The SMILES string of the molecule is CN(CCCOCCN)CCc1ccccc1. The minimum atomic E-state index is 0.615. The molecule has 0 aromatic heterocycles. The molecule has 0 fully saturated rings. The van der Waals surface area contributed by atoms with Gasteiger partial charge in [0.25, 0.3) is 0 Å². The summed E-state index contributed by atoms with van der Waals surface area (Å²) in [5, 5.41) is 0. The zero-order valence-corrected chi connectivity index (χ0v) is 10.8. The first-order valence-corrected chi connectivity index (χ1v) is 6.33. The molecule has 1 rings (SSSR count). The summed E-state index contributed by atoms with van der Waals surface area (Å²) in [6, 6.07) is 10.6. The minimum Gasteiger partial charge on any atom is -0.380 e. The van der Waals surface area contributed by atoms with E-state index in [2.05, 4.69) is 42.3 Å². The highest BCUT2D eigenvalue weighted by molar-refractivity contribution is 5.14. The normalized spacial score (nSPS) is 11.0. The van der Waals surface area contributed by atoms with E-state index in [0.29, 0.717) is 13.2 Å². The zero-order chi connectivity index (χ0) is 12.3. The van der Waals surface area contributed by atoms with E-state index in [1.165, 1.54) is 5.56 Å². The third-order valence-electron chi connectivity index (χ3n) is 2.72. The van der Waals surface area contributed by atoms with Gasteiger partial charge in [-0.1, -0.05) is 30.3 Å². The fourth-order valence-electron chi connectivity index (χ4n) is 1.70. The van der Waals surface area contributed by atoms with Gasteiger partial charge in [-0.2, -0.15) is 0 Å². The highest BCUT2D eigenvalue weighted by Gasteiger charge is 1.99. The third-order valence-corrected chi connectivity index (χ3v) is 2.72. The maximum Gasteiger partial charge on any atom is 0.0588 e. The molecule has 0 spiro atoms. The summed E-state index contributed by atoms with van der Waals surface area (Å²) in [6.07, 6.45) is 2.19. The Morgan fingerprint density at radius 2 is 1.88 bits per heavy atom. The monoisotopic (exact) mass is 236 g/mol. The summed E-state index contributed by atoms with van der Waals surface area (Å²) in [7, 11) is 2.16. The number of ether oxygens (including phenoxy) is 1. The summed E-state index contributed by atoms with van der Waals surface area (Å²) in [5.74, 6) is 0. The molecule has 1 aromatic carbocycles. The second kappa shape index (κ2) is 9.16. The minimum absolute atomic E-state index is 0.615. The Morgan fingerprint density at radius 3 is 2.59 bits per heavy atom. The second-order valence-electron chi connectivity index (χ2n) is 4.29. The third kappa shape index (κ3) is 7.10. The molecule has 17 heavy (non-hydrogen) atoms. The van der Waals surface area contributed by atoms with Crippen LogP contribution in [0.4, 0.5) is 0 Å². The van der Waals surface area contributed by atoms with Crippen molar-refractivity contribution < 1.29 is 4.74 Å². The molecule has 0 bridgehead atoms. The number of nitrogens with two attached hydrogens (primary N) is 1. The van der Waals surface area contributed by atoms with Crippen LogP contribution < -0.4 is 5.73 Å². The van der Waals surface area contributed by atoms with Gasteiger partial charge >= 0.3 is 0 Å². The van der Waals surface area contributed by atoms with E-state index in [-0.39, 0.29) is 0 Å². The predicted octanol–water partition coefficient (Wildman–Crippen LogP) is 1.53. The molecule has 96 valence electrons. The van der Waals surface area contributed by atoms with Crippen LogP contribution in [0.25, 0.3) is 0 Å². The topological polar surface area (TPSA) is 38.5 Å². The lowest BCUT2D eigenvalue weighted by molar-refractivity contribution is 0.130. The van der Waals surface area contributed by atoms with Gasteiger partial charge in [0.1, 0.15) is 0 Å². The lowest BCUT2D eigenvalue weighted by Crippen LogP contribution is -2.23. The van der Waals surface area contributed by atoms with Crippen LogP contribution in [0.3, 0.4) is 0 Å². The standard InChI is InChI=1S/C14H24N2O/c1-16(10-5-12-17-13-9-15)11-8-14-6-3-2-4-7-14/h2-4,6-7H,5,8-13,15H2,1H3. The van der Waals surface area contributed by atoms with Crippen LogP contribution in [0.5, 0.6) is 0 Å². The number of hydrogen-bond acceptors (Lipinski definition) is 3. The fourth-order valence-corrected chi connectivity index (χ4v) is 1.70. The van der Waals surface area contributed by atoms with Gasteiger partial charge < -0.3 is 15.4 Å². The van der Waals surface area contributed by atoms with Gasteiger partial charge in [0.2, 0.25) is 0 Å². The average Bonchev–Trinajstić information content (AvgIpc) is 2.37. The lowest BCUT2D eigenvalue weighted by atomic mass is 10.1. The molecule has 0 aliphatic rings. The van der Waals surface area contributed by atoms with Gasteiger partial charge in [-0.25, -0.2) is 0 Å². The van der Waals surface area contributed by atoms with E-state index in [9.17, 15) is 0 Å². The van der Waals surface area contributed by atoms with E-state index in [1.54, 1.807) is 0 Å². The Labute approximate surface area is 105 Å². The number of benzene rings is 1.